The minimum absolute atomic E-state index is 0.161. The molecule has 0 saturated carbocycles. The van der Waals surface area contributed by atoms with Gasteiger partial charge in [0.25, 0.3) is 0 Å². The van der Waals surface area contributed by atoms with Gasteiger partial charge in [0, 0.05) is 44.4 Å². The van der Waals surface area contributed by atoms with Gasteiger partial charge in [-0.3, -0.25) is 0 Å². The van der Waals surface area contributed by atoms with E-state index in [4.69, 9.17) is 4.42 Å². The molecule has 11 aromatic rings. The van der Waals surface area contributed by atoms with Crippen molar-refractivity contribution in [1.82, 2.24) is 0 Å². The number of fused-ring (bicyclic) bond motifs is 8. The molecule has 10 aromatic carbocycles. The zero-order chi connectivity index (χ0) is 42.1. The van der Waals surface area contributed by atoms with Crippen LogP contribution in [0, 0.1) is 0 Å². The van der Waals surface area contributed by atoms with Crippen molar-refractivity contribution in [3.63, 3.8) is 0 Å². The molecule has 0 N–H and O–H groups in total. The summed E-state index contributed by atoms with van der Waals surface area (Å²) in [6, 6.07) is 81.3. The second-order valence-corrected chi connectivity index (χ2v) is 17.3. The summed E-state index contributed by atoms with van der Waals surface area (Å²) in [4.78, 5) is 2.35. The zero-order valence-electron chi connectivity index (χ0n) is 35.2. The number of para-hydroxylation sites is 1. The van der Waals surface area contributed by atoms with Gasteiger partial charge < -0.3 is 9.32 Å². The van der Waals surface area contributed by atoms with Crippen molar-refractivity contribution in [3.05, 3.63) is 236 Å². The summed E-state index contributed by atoms with van der Waals surface area (Å²) in [5.74, 6) is 0. The van der Waals surface area contributed by atoms with E-state index < -0.39 is 0 Å². The Labute approximate surface area is 368 Å². The van der Waals surface area contributed by atoms with Gasteiger partial charge in [0.05, 0.1) is 0 Å². The van der Waals surface area contributed by atoms with E-state index in [0.717, 1.165) is 50.1 Å². The number of furan rings is 1. The molecule has 0 amide bonds. The van der Waals surface area contributed by atoms with Gasteiger partial charge in [-0.25, -0.2) is 0 Å². The summed E-state index contributed by atoms with van der Waals surface area (Å²) in [6.07, 6.45) is 0. The van der Waals surface area contributed by atoms with E-state index in [2.05, 4.69) is 243 Å². The number of nitrogens with zero attached hydrogens (tertiary/aromatic N) is 1. The topological polar surface area (TPSA) is 16.4 Å². The van der Waals surface area contributed by atoms with Crippen molar-refractivity contribution < 1.29 is 4.42 Å². The summed E-state index contributed by atoms with van der Waals surface area (Å²) < 4.78 is 7.22. The van der Waals surface area contributed by atoms with Crippen LogP contribution in [-0.2, 0) is 5.41 Å². The lowest BCUT2D eigenvalue weighted by Crippen LogP contribution is -2.15. The first kappa shape index (κ1) is 36.9. The van der Waals surface area contributed by atoms with Gasteiger partial charge in [0.15, 0.2) is 0 Å². The lowest BCUT2D eigenvalue weighted by atomic mass is 9.81. The van der Waals surface area contributed by atoms with E-state index in [1.807, 2.05) is 0 Å². The van der Waals surface area contributed by atoms with Crippen LogP contribution in [0.5, 0.6) is 0 Å². The maximum absolute atomic E-state index is 7.22. The fourth-order valence-electron chi connectivity index (χ4n) is 10.0. The third-order valence-corrected chi connectivity index (χ3v) is 13.3. The monoisotopic (exact) mass is 805 g/mol. The SMILES string of the molecule is CC1(C)c2ccccc2-c2c1cc(-c1ccccc1)c1c2oc2c(-c3ccc(N(c4ccc(-c5ccccc5)cc4)c4ccc(-c5ccc6ccccc6c5)cc4)cc3)cccc21. The van der Waals surface area contributed by atoms with Gasteiger partial charge in [-0.15, -0.1) is 0 Å². The van der Waals surface area contributed by atoms with Crippen molar-refractivity contribution in [2.45, 2.75) is 19.3 Å². The fraction of sp³-hybridized carbons (Fsp3) is 0.0492. The Morgan fingerprint density at radius 2 is 0.857 bits per heavy atom. The summed E-state index contributed by atoms with van der Waals surface area (Å²) >= 11 is 0. The molecule has 2 nitrogen and oxygen atoms in total. The van der Waals surface area contributed by atoms with E-state index in [9.17, 15) is 0 Å². The van der Waals surface area contributed by atoms with E-state index in [-0.39, 0.29) is 5.41 Å². The van der Waals surface area contributed by atoms with Gasteiger partial charge in [-0.2, -0.15) is 0 Å². The first-order valence-electron chi connectivity index (χ1n) is 21.8. The van der Waals surface area contributed by atoms with E-state index in [1.165, 1.54) is 66.4 Å². The summed E-state index contributed by atoms with van der Waals surface area (Å²) in [5.41, 5.74) is 19.4. The molecule has 0 aliphatic heterocycles. The third-order valence-electron chi connectivity index (χ3n) is 13.3. The molecule has 0 saturated heterocycles. The van der Waals surface area contributed by atoms with Crippen molar-refractivity contribution in [3.8, 4) is 55.6 Å². The molecular weight excluding hydrogens is 763 g/mol. The van der Waals surface area contributed by atoms with Gasteiger partial charge in [0.2, 0.25) is 0 Å². The quantitative estimate of drug-likeness (QED) is 0.160. The Bertz CT molecular complexity index is 3490. The van der Waals surface area contributed by atoms with Gasteiger partial charge in [-0.1, -0.05) is 190 Å². The molecule has 1 aliphatic rings. The second-order valence-electron chi connectivity index (χ2n) is 17.3. The summed E-state index contributed by atoms with van der Waals surface area (Å²) in [5, 5.41) is 4.78. The first-order valence-corrected chi connectivity index (χ1v) is 21.8. The molecule has 0 bridgehead atoms. The highest BCUT2D eigenvalue weighted by Gasteiger charge is 2.38. The van der Waals surface area contributed by atoms with Crippen LogP contribution >= 0.6 is 0 Å². The molecule has 0 fully saturated rings. The number of rotatable bonds is 7. The molecule has 0 radical (unpaired) electrons. The van der Waals surface area contributed by atoms with Crippen LogP contribution in [0.15, 0.2) is 229 Å². The molecule has 298 valence electrons. The molecule has 63 heavy (non-hydrogen) atoms. The molecule has 0 unspecified atom stereocenters. The summed E-state index contributed by atoms with van der Waals surface area (Å²) in [7, 11) is 0. The molecule has 0 atom stereocenters. The molecule has 1 heterocycles. The van der Waals surface area contributed by atoms with E-state index >= 15 is 0 Å². The van der Waals surface area contributed by atoms with E-state index in [1.54, 1.807) is 0 Å². The molecule has 1 aliphatic carbocycles. The molecule has 1 aromatic heterocycles. The van der Waals surface area contributed by atoms with Crippen molar-refractivity contribution in [1.29, 1.82) is 0 Å². The highest BCUT2D eigenvalue weighted by molar-refractivity contribution is 6.20. The van der Waals surface area contributed by atoms with Gasteiger partial charge in [0.1, 0.15) is 11.2 Å². The Hall–Kier alpha value is -7.94. The largest absolute Gasteiger partial charge is 0.455 e. The van der Waals surface area contributed by atoms with Gasteiger partial charge >= 0.3 is 0 Å². The van der Waals surface area contributed by atoms with Crippen molar-refractivity contribution in [2.75, 3.05) is 4.90 Å². The third kappa shape index (κ3) is 6.09. The molecule has 2 heteroatoms. The van der Waals surface area contributed by atoms with Crippen LogP contribution in [-0.4, -0.2) is 0 Å². The Kier molecular flexibility index (Phi) is 8.55. The minimum atomic E-state index is -0.161. The average Bonchev–Trinajstić information content (AvgIpc) is 3.85. The van der Waals surface area contributed by atoms with Crippen molar-refractivity contribution >= 4 is 49.8 Å². The second kappa shape index (κ2) is 14.6. The average molecular weight is 806 g/mol. The highest BCUT2D eigenvalue weighted by atomic mass is 16.3. The normalized spacial score (nSPS) is 12.7. The Morgan fingerprint density at radius 3 is 1.54 bits per heavy atom. The molecular formula is C61H43NO. The lowest BCUT2D eigenvalue weighted by molar-refractivity contribution is 0.654. The number of anilines is 3. The Balaban J connectivity index is 0.977. The zero-order valence-corrected chi connectivity index (χ0v) is 35.2. The van der Waals surface area contributed by atoms with Crippen LogP contribution < -0.4 is 4.90 Å². The fourth-order valence-corrected chi connectivity index (χ4v) is 10.0. The predicted octanol–water partition coefficient (Wildman–Crippen LogP) is 17.2. The number of benzene rings is 10. The maximum atomic E-state index is 7.22. The maximum Gasteiger partial charge on any atom is 0.144 e. The number of hydrogen-bond acceptors (Lipinski definition) is 2. The van der Waals surface area contributed by atoms with Crippen LogP contribution in [0.3, 0.4) is 0 Å². The Morgan fingerprint density at radius 1 is 0.349 bits per heavy atom. The van der Waals surface area contributed by atoms with Crippen LogP contribution in [0.1, 0.15) is 25.0 Å². The first-order chi connectivity index (χ1) is 31.0. The van der Waals surface area contributed by atoms with Crippen molar-refractivity contribution in [2.24, 2.45) is 0 Å². The standard InChI is InChI=1S/C61H43NO/c1-61(2)55-23-12-11-20-52(55)58-56(61)39-54(44-17-7-4-8-18-44)57-53-22-13-21-51(59(53)63-60(57)58)45-30-36-50(37-31-45)62(48-32-26-42(27-33-48)40-14-5-3-6-15-40)49-34-28-43(29-35-49)47-25-24-41-16-9-10-19-46(41)38-47/h3-39H,1-2H3. The number of hydrogen-bond donors (Lipinski definition) is 0. The predicted molar refractivity (Wildman–Crippen MR) is 265 cm³/mol. The van der Waals surface area contributed by atoms with Crippen LogP contribution in [0.2, 0.25) is 0 Å². The van der Waals surface area contributed by atoms with Crippen LogP contribution in [0.25, 0.3) is 88.3 Å². The molecule has 0 spiro atoms. The van der Waals surface area contributed by atoms with Gasteiger partial charge in [-0.05, 0) is 115 Å². The summed E-state index contributed by atoms with van der Waals surface area (Å²) in [6.45, 7) is 4.68. The smallest absolute Gasteiger partial charge is 0.144 e. The van der Waals surface area contributed by atoms with Crippen LogP contribution in [0.4, 0.5) is 17.1 Å². The van der Waals surface area contributed by atoms with E-state index in [0.29, 0.717) is 0 Å². The lowest BCUT2D eigenvalue weighted by Gasteiger charge is -2.26. The minimum Gasteiger partial charge on any atom is -0.455 e. The molecule has 12 rings (SSSR count). The highest BCUT2D eigenvalue weighted by Crippen LogP contribution is 2.55.